The number of ether oxygens (including phenoxy) is 1. The van der Waals surface area contributed by atoms with Gasteiger partial charge in [0.25, 0.3) is 0 Å². The number of anilines is 1. The zero-order valence-electron chi connectivity index (χ0n) is 18.7. The minimum absolute atomic E-state index is 0.0415. The monoisotopic (exact) mass is 503 g/mol. The molecule has 0 spiro atoms. The highest BCUT2D eigenvalue weighted by Crippen LogP contribution is 2.39. The molecular formula is C23H27BrFN5O2. The molecule has 0 saturated carbocycles. The van der Waals surface area contributed by atoms with Crippen molar-refractivity contribution >= 4 is 38.7 Å². The van der Waals surface area contributed by atoms with Crippen molar-refractivity contribution in [1.82, 2.24) is 19.9 Å². The number of carbonyl (C=O) groups is 1. The molecule has 170 valence electrons. The number of pyridine rings is 1. The second-order valence-electron chi connectivity index (χ2n) is 8.88. The zero-order valence-corrected chi connectivity index (χ0v) is 20.2. The van der Waals surface area contributed by atoms with Crippen molar-refractivity contribution in [2.24, 2.45) is 0 Å². The van der Waals surface area contributed by atoms with E-state index in [1.807, 2.05) is 38.3 Å². The highest BCUT2D eigenvalue weighted by molar-refractivity contribution is 9.10. The van der Waals surface area contributed by atoms with Gasteiger partial charge in [-0.1, -0.05) is 6.07 Å². The number of nitrogens with zero attached hydrogens (tertiary/aromatic N) is 4. The Hall–Kier alpha value is -2.68. The van der Waals surface area contributed by atoms with Gasteiger partial charge in [-0.2, -0.15) is 0 Å². The van der Waals surface area contributed by atoms with Crippen LogP contribution in [-0.2, 0) is 11.3 Å². The first-order chi connectivity index (χ1) is 15.2. The molecule has 1 aliphatic heterocycles. The van der Waals surface area contributed by atoms with Gasteiger partial charge in [0.1, 0.15) is 16.9 Å². The Bertz CT molecular complexity index is 1160. The van der Waals surface area contributed by atoms with Crippen LogP contribution >= 0.6 is 15.9 Å². The molecule has 1 aromatic carbocycles. The number of halogens is 2. The van der Waals surface area contributed by atoms with Crippen LogP contribution in [0.15, 0.2) is 35.1 Å². The molecule has 32 heavy (non-hydrogen) atoms. The van der Waals surface area contributed by atoms with E-state index in [4.69, 9.17) is 4.74 Å². The lowest BCUT2D eigenvalue weighted by molar-refractivity contribution is 0.0509. The molecule has 0 radical (unpaired) electrons. The number of rotatable bonds is 4. The van der Waals surface area contributed by atoms with Gasteiger partial charge < -0.3 is 19.5 Å². The van der Waals surface area contributed by atoms with E-state index in [2.05, 4.69) is 36.1 Å². The second-order valence-corrected chi connectivity index (χ2v) is 9.74. The normalized spacial score (nSPS) is 16.6. The Labute approximate surface area is 195 Å². The van der Waals surface area contributed by atoms with Crippen LogP contribution < -0.4 is 10.2 Å². The molecule has 1 amide bonds. The van der Waals surface area contributed by atoms with Crippen molar-refractivity contribution in [2.45, 2.75) is 52.3 Å². The molecule has 7 nitrogen and oxygen atoms in total. The van der Waals surface area contributed by atoms with Crippen LogP contribution in [0, 0.1) is 5.82 Å². The SMILES string of the molecule is CCn1c(-c2cncc(Br)c2N2CC[C@H](NC(=O)OC(C)(C)C)C2)nc2c(F)cccc21. The quantitative estimate of drug-likeness (QED) is 0.534. The van der Waals surface area contributed by atoms with E-state index < -0.39 is 11.7 Å². The van der Waals surface area contributed by atoms with Gasteiger partial charge >= 0.3 is 6.09 Å². The topological polar surface area (TPSA) is 72.3 Å². The predicted molar refractivity (Wildman–Crippen MR) is 126 cm³/mol. The molecular weight excluding hydrogens is 477 g/mol. The lowest BCUT2D eigenvalue weighted by atomic mass is 10.2. The molecule has 4 rings (SSSR count). The summed E-state index contributed by atoms with van der Waals surface area (Å²) in [5, 5.41) is 2.96. The van der Waals surface area contributed by atoms with Crippen LogP contribution in [0.3, 0.4) is 0 Å². The summed E-state index contributed by atoms with van der Waals surface area (Å²) in [5.74, 6) is 0.322. The number of alkyl carbamates (subject to hydrolysis) is 1. The first-order valence-electron chi connectivity index (χ1n) is 10.7. The highest BCUT2D eigenvalue weighted by atomic mass is 79.9. The molecule has 0 bridgehead atoms. The maximum absolute atomic E-state index is 14.4. The Morgan fingerprint density at radius 2 is 2.12 bits per heavy atom. The summed E-state index contributed by atoms with van der Waals surface area (Å²) in [6.45, 7) is 9.55. The maximum atomic E-state index is 14.4. The van der Waals surface area contributed by atoms with E-state index in [9.17, 15) is 9.18 Å². The number of aryl methyl sites for hydroxylation is 1. The average molecular weight is 504 g/mol. The van der Waals surface area contributed by atoms with E-state index in [1.54, 1.807) is 18.5 Å². The molecule has 1 saturated heterocycles. The minimum Gasteiger partial charge on any atom is -0.444 e. The van der Waals surface area contributed by atoms with Crippen molar-refractivity contribution in [2.75, 3.05) is 18.0 Å². The second kappa shape index (κ2) is 8.69. The Morgan fingerprint density at radius 3 is 2.84 bits per heavy atom. The highest BCUT2D eigenvalue weighted by Gasteiger charge is 2.30. The summed E-state index contributed by atoms with van der Waals surface area (Å²) >= 11 is 3.64. The minimum atomic E-state index is -0.543. The maximum Gasteiger partial charge on any atom is 0.407 e. The molecule has 3 heterocycles. The molecule has 0 aliphatic carbocycles. The number of fused-ring (bicyclic) bond motifs is 1. The molecule has 9 heteroatoms. The predicted octanol–water partition coefficient (Wildman–Crippen LogP) is 5.12. The molecule has 2 aromatic heterocycles. The number of carbonyl (C=O) groups excluding carboxylic acids is 1. The Kier molecular flexibility index (Phi) is 6.11. The number of aromatic nitrogens is 3. The number of nitrogens with one attached hydrogen (secondary N) is 1. The van der Waals surface area contributed by atoms with Crippen LogP contribution in [0.25, 0.3) is 22.4 Å². The number of imidazole rings is 1. The molecule has 1 fully saturated rings. The molecule has 3 aromatic rings. The van der Waals surface area contributed by atoms with E-state index in [-0.39, 0.29) is 11.9 Å². The summed E-state index contributed by atoms with van der Waals surface area (Å²) in [6, 6.07) is 4.95. The number of benzene rings is 1. The molecule has 1 N–H and O–H groups in total. The fourth-order valence-corrected chi connectivity index (χ4v) is 4.69. The van der Waals surface area contributed by atoms with Gasteiger partial charge in [-0.05, 0) is 62.2 Å². The molecule has 1 atom stereocenters. The fourth-order valence-electron chi connectivity index (χ4n) is 4.11. The van der Waals surface area contributed by atoms with Crippen molar-refractivity contribution in [3.63, 3.8) is 0 Å². The average Bonchev–Trinajstić information content (AvgIpc) is 3.31. The van der Waals surface area contributed by atoms with Gasteiger partial charge in [0.15, 0.2) is 5.82 Å². The Morgan fingerprint density at radius 1 is 1.34 bits per heavy atom. The van der Waals surface area contributed by atoms with Crippen LogP contribution in [0.1, 0.15) is 34.1 Å². The lowest BCUT2D eigenvalue weighted by Gasteiger charge is -2.24. The first-order valence-corrected chi connectivity index (χ1v) is 11.5. The van der Waals surface area contributed by atoms with E-state index in [1.165, 1.54) is 6.07 Å². The number of amides is 1. The van der Waals surface area contributed by atoms with E-state index >= 15 is 0 Å². The third-order valence-corrected chi connectivity index (χ3v) is 5.97. The molecule has 0 unspecified atom stereocenters. The first kappa shape index (κ1) is 22.5. The number of hydrogen-bond donors (Lipinski definition) is 1. The van der Waals surface area contributed by atoms with Crippen LogP contribution in [-0.4, -0.2) is 45.4 Å². The van der Waals surface area contributed by atoms with Gasteiger partial charge in [0.05, 0.1) is 27.3 Å². The largest absolute Gasteiger partial charge is 0.444 e. The van der Waals surface area contributed by atoms with Gasteiger partial charge in [-0.25, -0.2) is 14.2 Å². The Balaban J connectivity index is 1.67. The third kappa shape index (κ3) is 4.44. The van der Waals surface area contributed by atoms with Gasteiger partial charge in [-0.15, -0.1) is 0 Å². The zero-order chi connectivity index (χ0) is 23.0. The fraction of sp³-hybridized carbons (Fsp3) is 0.435. The van der Waals surface area contributed by atoms with Crippen molar-refractivity contribution < 1.29 is 13.9 Å². The summed E-state index contributed by atoms with van der Waals surface area (Å²) in [5.41, 5.74) is 2.30. The summed E-state index contributed by atoms with van der Waals surface area (Å²) in [4.78, 5) is 23.4. The summed E-state index contributed by atoms with van der Waals surface area (Å²) < 4.78 is 22.7. The van der Waals surface area contributed by atoms with Gasteiger partial charge in [-0.3, -0.25) is 4.98 Å². The van der Waals surface area contributed by atoms with Gasteiger partial charge in [0.2, 0.25) is 0 Å². The molecule has 1 aliphatic rings. The summed E-state index contributed by atoms with van der Waals surface area (Å²) in [7, 11) is 0. The number of para-hydroxylation sites is 1. The van der Waals surface area contributed by atoms with Crippen LogP contribution in [0.5, 0.6) is 0 Å². The van der Waals surface area contributed by atoms with E-state index in [0.717, 1.165) is 34.2 Å². The van der Waals surface area contributed by atoms with Crippen LogP contribution in [0.4, 0.5) is 14.9 Å². The van der Waals surface area contributed by atoms with E-state index in [0.29, 0.717) is 24.4 Å². The van der Waals surface area contributed by atoms with Crippen molar-refractivity contribution in [3.8, 4) is 11.4 Å². The standard InChI is InChI=1S/C23H27BrFN5O2/c1-5-30-18-8-6-7-17(25)19(18)28-21(30)15-11-26-12-16(24)20(15)29-10-9-14(13-29)27-22(31)32-23(2,3)4/h6-8,11-12,14H,5,9-10,13H2,1-4H3,(H,27,31)/t14-/m0/s1. The lowest BCUT2D eigenvalue weighted by Crippen LogP contribution is -2.40. The van der Waals surface area contributed by atoms with Gasteiger partial charge in [0, 0.05) is 32.0 Å². The van der Waals surface area contributed by atoms with Crippen LogP contribution in [0.2, 0.25) is 0 Å². The van der Waals surface area contributed by atoms with Crippen molar-refractivity contribution in [3.05, 3.63) is 40.9 Å². The summed E-state index contributed by atoms with van der Waals surface area (Å²) in [6.07, 6.45) is 3.88. The van der Waals surface area contributed by atoms with Crippen molar-refractivity contribution in [1.29, 1.82) is 0 Å². The smallest absolute Gasteiger partial charge is 0.407 e. The number of hydrogen-bond acceptors (Lipinski definition) is 5. The third-order valence-electron chi connectivity index (χ3n) is 5.38.